The number of allylic oxidation sites excluding steroid dienone is 1. The smallest absolute Gasteiger partial charge is 0.319 e. The Balaban J connectivity index is 2.04. The fourth-order valence-corrected chi connectivity index (χ4v) is 4.53. The zero-order chi connectivity index (χ0) is 20.1. The molecule has 1 aliphatic rings. The van der Waals surface area contributed by atoms with Gasteiger partial charge in [-0.3, -0.25) is 9.59 Å². The summed E-state index contributed by atoms with van der Waals surface area (Å²) >= 11 is 4.79. The number of methoxy groups -OCH3 is 1. The summed E-state index contributed by atoms with van der Waals surface area (Å²) in [5.74, 6) is -2.36. The minimum atomic E-state index is -1.12. The SMILES string of the molecule is COC(=O)[C@H]1C(=O)NC(SCc2ccccc2)=C(C#N)[C@H]1c1cccc(Br)c1. The molecular weight excluding hydrogens is 440 g/mol. The Kier molecular flexibility index (Phi) is 6.55. The van der Waals surface area contributed by atoms with Crippen molar-refractivity contribution in [3.63, 3.8) is 0 Å². The Bertz CT molecular complexity index is 969. The van der Waals surface area contributed by atoms with E-state index in [1.807, 2.05) is 48.5 Å². The van der Waals surface area contributed by atoms with Crippen molar-refractivity contribution in [3.8, 4) is 6.07 Å². The van der Waals surface area contributed by atoms with Crippen molar-refractivity contribution in [2.75, 3.05) is 7.11 Å². The van der Waals surface area contributed by atoms with Gasteiger partial charge in [-0.1, -0.05) is 58.4 Å². The van der Waals surface area contributed by atoms with Crippen molar-refractivity contribution in [2.45, 2.75) is 11.7 Å². The van der Waals surface area contributed by atoms with Gasteiger partial charge in [0.25, 0.3) is 0 Å². The van der Waals surface area contributed by atoms with E-state index in [9.17, 15) is 14.9 Å². The largest absolute Gasteiger partial charge is 0.468 e. The lowest BCUT2D eigenvalue weighted by Crippen LogP contribution is -2.44. The molecule has 1 amide bonds. The maximum absolute atomic E-state index is 12.8. The van der Waals surface area contributed by atoms with Gasteiger partial charge in [0.15, 0.2) is 0 Å². The zero-order valence-corrected chi connectivity index (χ0v) is 17.4. The molecule has 0 aromatic heterocycles. The summed E-state index contributed by atoms with van der Waals surface area (Å²) in [5.41, 5.74) is 2.13. The van der Waals surface area contributed by atoms with Crippen LogP contribution in [0.2, 0.25) is 0 Å². The highest BCUT2D eigenvalue weighted by Crippen LogP contribution is 2.41. The topological polar surface area (TPSA) is 79.2 Å². The average molecular weight is 457 g/mol. The Morgan fingerprint density at radius 3 is 2.64 bits per heavy atom. The molecule has 5 nitrogen and oxygen atoms in total. The van der Waals surface area contributed by atoms with Crippen molar-refractivity contribution in [3.05, 3.63) is 80.8 Å². The van der Waals surface area contributed by atoms with E-state index < -0.39 is 23.7 Å². The van der Waals surface area contributed by atoms with Crippen molar-refractivity contribution >= 4 is 39.6 Å². The Hall–Kier alpha value is -2.56. The van der Waals surface area contributed by atoms with Gasteiger partial charge in [-0.15, -0.1) is 11.8 Å². The van der Waals surface area contributed by atoms with E-state index in [0.717, 1.165) is 10.0 Å². The monoisotopic (exact) mass is 456 g/mol. The number of thioether (sulfide) groups is 1. The van der Waals surface area contributed by atoms with Crippen LogP contribution in [0.25, 0.3) is 0 Å². The quantitative estimate of drug-likeness (QED) is 0.540. The van der Waals surface area contributed by atoms with Crippen molar-refractivity contribution in [2.24, 2.45) is 5.92 Å². The number of hydrogen-bond donors (Lipinski definition) is 1. The lowest BCUT2D eigenvalue weighted by atomic mass is 9.78. The highest BCUT2D eigenvalue weighted by molar-refractivity contribution is 9.10. The lowest BCUT2D eigenvalue weighted by Gasteiger charge is -2.31. The maximum atomic E-state index is 12.8. The van der Waals surface area contributed by atoms with E-state index in [0.29, 0.717) is 21.9 Å². The first-order valence-corrected chi connectivity index (χ1v) is 10.3. The summed E-state index contributed by atoms with van der Waals surface area (Å²) in [5, 5.41) is 13.1. The minimum Gasteiger partial charge on any atom is -0.468 e. The van der Waals surface area contributed by atoms with Crippen LogP contribution >= 0.6 is 27.7 Å². The molecular formula is C21H17BrN2O3S. The van der Waals surface area contributed by atoms with Crippen LogP contribution in [0.1, 0.15) is 17.0 Å². The number of benzene rings is 2. The number of halogens is 1. The molecule has 0 spiro atoms. The summed E-state index contributed by atoms with van der Waals surface area (Å²) in [6.07, 6.45) is 0. The van der Waals surface area contributed by atoms with E-state index in [1.54, 1.807) is 6.07 Å². The molecule has 1 heterocycles. The minimum absolute atomic E-state index is 0.356. The third-order valence-electron chi connectivity index (χ3n) is 4.42. The Labute approximate surface area is 175 Å². The predicted octanol–water partition coefficient (Wildman–Crippen LogP) is 4.12. The number of nitrogens with zero attached hydrogens (tertiary/aromatic N) is 1. The van der Waals surface area contributed by atoms with E-state index in [4.69, 9.17) is 4.74 Å². The number of ether oxygens (including phenoxy) is 1. The molecule has 0 bridgehead atoms. The van der Waals surface area contributed by atoms with Gasteiger partial charge < -0.3 is 10.1 Å². The summed E-state index contributed by atoms with van der Waals surface area (Å²) in [4.78, 5) is 25.1. The van der Waals surface area contributed by atoms with Gasteiger partial charge in [-0.25, -0.2) is 0 Å². The fourth-order valence-electron chi connectivity index (χ4n) is 3.11. The molecule has 1 aliphatic heterocycles. The average Bonchev–Trinajstić information content (AvgIpc) is 2.71. The third-order valence-corrected chi connectivity index (χ3v) is 6.00. The predicted molar refractivity (Wildman–Crippen MR) is 111 cm³/mol. The van der Waals surface area contributed by atoms with Gasteiger partial charge >= 0.3 is 5.97 Å². The molecule has 0 aliphatic carbocycles. The van der Waals surface area contributed by atoms with Crippen molar-refractivity contribution < 1.29 is 14.3 Å². The van der Waals surface area contributed by atoms with Crippen molar-refractivity contribution in [1.82, 2.24) is 5.32 Å². The molecule has 7 heteroatoms. The molecule has 0 fully saturated rings. The van der Waals surface area contributed by atoms with Crippen LogP contribution in [-0.2, 0) is 20.1 Å². The highest BCUT2D eigenvalue weighted by Gasteiger charge is 2.44. The number of nitrogens with one attached hydrogen (secondary N) is 1. The highest BCUT2D eigenvalue weighted by atomic mass is 79.9. The third kappa shape index (κ3) is 4.29. The zero-order valence-electron chi connectivity index (χ0n) is 15.0. The van der Waals surface area contributed by atoms with Gasteiger partial charge in [0.05, 0.1) is 23.8 Å². The van der Waals surface area contributed by atoms with Crippen LogP contribution < -0.4 is 5.32 Å². The molecule has 2 aromatic carbocycles. The van der Waals surface area contributed by atoms with Gasteiger partial charge in [0.1, 0.15) is 5.92 Å². The van der Waals surface area contributed by atoms with Gasteiger partial charge in [0, 0.05) is 16.1 Å². The van der Waals surface area contributed by atoms with Crippen LogP contribution in [0, 0.1) is 17.2 Å². The van der Waals surface area contributed by atoms with E-state index in [2.05, 4.69) is 27.3 Å². The van der Waals surface area contributed by atoms with E-state index in [-0.39, 0.29) is 0 Å². The normalized spacial score (nSPS) is 19.0. The van der Waals surface area contributed by atoms with E-state index >= 15 is 0 Å². The lowest BCUT2D eigenvalue weighted by molar-refractivity contribution is -0.150. The maximum Gasteiger partial charge on any atom is 0.319 e. The number of carbonyl (C=O) groups is 2. The molecule has 1 N–H and O–H groups in total. The molecule has 28 heavy (non-hydrogen) atoms. The van der Waals surface area contributed by atoms with Crippen LogP contribution in [-0.4, -0.2) is 19.0 Å². The number of hydrogen-bond acceptors (Lipinski definition) is 5. The first kappa shape index (κ1) is 20.2. The number of nitriles is 1. The first-order chi connectivity index (χ1) is 13.5. The second kappa shape index (κ2) is 9.09. The second-order valence-corrected chi connectivity index (χ2v) is 8.05. The molecule has 2 aromatic rings. The summed E-state index contributed by atoms with van der Waals surface area (Å²) < 4.78 is 5.65. The number of rotatable bonds is 5. The molecule has 0 radical (unpaired) electrons. The first-order valence-electron chi connectivity index (χ1n) is 8.50. The Morgan fingerprint density at radius 1 is 1.25 bits per heavy atom. The number of amides is 1. The van der Waals surface area contributed by atoms with Crippen LogP contribution in [0.5, 0.6) is 0 Å². The second-order valence-electron chi connectivity index (χ2n) is 6.15. The molecule has 2 atom stereocenters. The molecule has 3 rings (SSSR count). The summed E-state index contributed by atoms with van der Waals surface area (Å²) in [6.45, 7) is 0. The number of esters is 1. The van der Waals surface area contributed by atoms with Crippen LogP contribution in [0.15, 0.2) is 69.7 Å². The summed E-state index contributed by atoms with van der Waals surface area (Å²) in [7, 11) is 1.24. The van der Waals surface area contributed by atoms with Crippen LogP contribution in [0.4, 0.5) is 0 Å². The van der Waals surface area contributed by atoms with Gasteiger partial charge in [-0.2, -0.15) is 5.26 Å². The molecule has 0 saturated carbocycles. The molecule has 0 unspecified atom stereocenters. The molecule has 142 valence electrons. The van der Waals surface area contributed by atoms with Gasteiger partial charge in [-0.05, 0) is 23.3 Å². The van der Waals surface area contributed by atoms with Crippen LogP contribution in [0.3, 0.4) is 0 Å². The van der Waals surface area contributed by atoms with Crippen molar-refractivity contribution in [1.29, 1.82) is 5.26 Å². The standard InChI is InChI=1S/C21H17BrN2O3S/c1-27-21(26)18-17(14-8-5-9-15(22)10-14)16(11-23)20(24-19(18)25)28-12-13-6-3-2-4-7-13/h2-10,17-18H,12H2,1H3,(H,24,25)/t17-,18-/m1/s1. The van der Waals surface area contributed by atoms with Gasteiger partial charge in [0.2, 0.25) is 5.91 Å². The number of carbonyl (C=O) groups excluding carboxylic acids is 2. The fraction of sp³-hybridized carbons (Fsp3) is 0.190. The Morgan fingerprint density at radius 2 is 2.00 bits per heavy atom. The summed E-state index contributed by atoms with van der Waals surface area (Å²) in [6, 6.07) is 19.3. The van der Waals surface area contributed by atoms with E-state index in [1.165, 1.54) is 18.9 Å². The molecule has 0 saturated heterocycles.